The van der Waals surface area contributed by atoms with E-state index < -0.39 is 16.6 Å². The van der Waals surface area contributed by atoms with Crippen molar-refractivity contribution < 1.29 is 8.85 Å². The van der Waals surface area contributed by atoms with E-state index in [9.17, 15) is 0 Å². The summed E-state index contributed by atoms with van der Waals surface area (Å²) in [6.45, 7) is 12.9. The highest BCUT2D eigenvalue weighted by atomic mass is 28.4. The molecule has 5 rings (SSSR count). The lowest BCUT2D eigenvalue weighted by atomic mass is 10.0. The Morgan fingerprint density at radius 3 is 2.25 bits per heavy atom. The van der Waals surface area contributed by atoms with E-state index in [1.54, 1.807) is 0 Å². The van der Waals surface area contributed by atoms with Crippen molar-refractivity contribution in [3.63, 3.8) is 0 Å². The third-order valence-electron chi connectivity index (χ3n) is 6.12. The second-order valence-corrected chi connectivity index (χ2v) is 17.0. The fraction of sp³-hybridized carbons (Fsp3) is 0.304. The fourth-order valence-corrected chi connectivity index (χ4v) is 15.0. The lowest BCUT2D eigenvalue weighted by molar-refractivity contribution is 0.293. The molecule has 0 amide bonds. The summed E-state index contributed by atoms with van der Waals surface area (Å²) in [5.41, 5.74) is 3.75. The van der Waals surface area contributed by atoms with Crippen LogP contribution in [0.15, 0.2) is 48.5 Å². The zero-order valence-corrected chi connectivity index (χ0v) is 19.3. The Morgan fingerprint density at radius 2 is 1.54 bits per heavy atom. The van der Waals surface area contributed by atoms with Gasteiger partial charge >= 0.3 is 0 Å². The summed E-state index contributed by atoms with van der Waals surface area (Å²) in [6, 6.07) is 17.9. The van der Waals surface area contributed by atoms with E-state index in [-0.39, 0.29) is 0 Å². The maximum Gasteiger partial charge on any atom is 0.206 e. The molecule has 3 aromatic rings. The van der Waals surface area contributed by atoms with Crippen LogP contribution in [0.5, 0.6) is 5.75 Å². The van der Waals surface area contributed by atoms with Gasteiger partial charge in [-0.05, 0) is 67.1 Å². The second kappa shape index (κ2) is 5.95. The molecular formula is C23H27NO2Si2. The van der Waals surface area contributed by atoms with Gasteiger partial charge in [0.1, 0.15) is 5.75 Å². The Balaban J connectivity index is 1.59. The van der Waals surface area contributed by atoms with E-state index in [4.69, 9.17) is 8.85 Å². The van der Waals surface area contributed by atoms with Crippen LogP contribution >= 0.6 is 0 Å². The van der Waals surface area contributed by atoms with Crippen LogP contribution in [0, 0.1) is 6.92 Å². The summed E-state index contributed by atoms with van der Waals surface area (Å²) in [4.78, 5) is 2.29. The first-order chi connectivity index (χ1) is 13.2. The number of fused-ring (bicyclic) bond motifs is 4. The van der Waals surface area contributed by atoms with E-state index in [0.717, 1.165) is 12.3 Å². The lowest BCUT2D eigenvalue weighted by Gasteiger charge is -2.32. The van der Waals surface area contributed by atoms with Crippen LogP contribution in [-0.2, 0) is 10.7 Å². The maximum atomic E-state index is 6.64. The number of hydrogen-bond acceptors (Lipinski definition) is 3. The smallest absolute Gasteiger partial charge is 0.206 e. The first-order valence-corrected chi connectivity index (χ1v) is 15.8. The summed E-state index contributed by atoms with van der Waals surface area (Å²) >= 11 is 0. The Hall–Kier alpha value is -2.09. The van der Waals surface area contributed by atoms with E-state index in [1.165, 1.54) is 38.0 Å². The molecule has 0 aliphatic carbocycles. The van der Waals surface area contributed by atoms with Crippen molar-refractivity contribution in [1.82, 2.24) is 0 Å². The molecular weight excluding hydrogens is 378 g/mol. The predicted molar refractivity (Wildman–Crippen MR) is 122 cm³/mol. The van der Waals surface area contributed by atoms with Gasteiger partial charge < -0.3 is 13.8 Å². The Kier molecular flexibility index (Phi) is 3.82. The van der Waals surface area contributed by atoms with Gasteiger partial charge in [-0.1, -0.05) is 35.9 Å². The van der Waals surface area contributed by atoms with Crippen LogP contribution in [0.25, 0.3) is 10.8 Å². The average molecular weight is 406 g/mol. The summed E-state index contributed by atoms with van der Waals surface area (Å²) in [5.74, 6) is 1.06. The summed E-state index contributed by atoms with van der Waals surface area (Å²) < 4.78 is 13.0. The molecule has 0 unspecified atom stereocenters. The zero-order valence-electron chi connectivity index (χ0n) is 17.3. The van der Waals surface area contributed by atoms with Gasteiger partial charge in [-0.3, -0.25) is 0 Å². The molecule has 0 bridgehead atoms. The molecule has 0 N–H and O–H groups in total. The summed E-state index contributed by atoms with van der Waals surface area (Å²) in [7, 11) is -3.63. The van der Waals surface area contributed by atoms with Gasteiger partial charge in [-0.2, -0.15) is 0 Å². The molecule has 0 spiro atoms. The molecule has 0 aromatic heterocycles. The highest BCUT2D eigenvalue weighted by molar-refractivity contribution is 7.06. The molecule has 0 atom stereocenters. The van der Waals surface area contributed by atoms with Crippen molar-refractivity contribution >= 4 is 43.5 Å². The van der Waals surface area contributed by atoms with Gasteiger partial charge in [0.05, 0.1) is 0 Å². The van der Waals surface area contributed by atoms with Crippen molar-refractivity contribution in [3.05, 3.63) is 59.7 Å². The molecule has 3 nitrogen and oxygen atoms in total. The third-order valence-corrected chi connectivity index (χ3v) is 13.9. The number of nitrogens with zero attached hydrogens (tertiary/aromatic N) is 1. The molecule has 28 heavy (non-hydrogen) atoms. The van der Waals surface area contributed by atoms with Crippen LogP contribution in [-0.4, -0.2) is 23.4 Å². The topological polar surface area (TPSA) is 21.7 Å². The Bertz CT molecular complexity index is 1090. The molecule has 2 heterocycles. The number of ether oxygens (including phenoxy) is 1. The van der Waals surface area contributed by atoms with Gasteiger partial charge in [-0.25, -0.2) is 0 Å². The largest absolute Gasteiger partial charge is 0.472 e. The lowest BCUT2D eigenvalue weighted by Crippen LogP contribution is -2.44. The first-order valence-electron chi connectivity index (χ1n) is 10.00. The predicted octanol–water partition coefficient (Wildman–Crippen LogP) is 4.36. The molecule has 0 saturated carbocycles. The third kappa shape index (κ3) is 2.72. The fourth-order valence-electron chi connectivity index (χ4n) is 4.74. The molecule has 2 aliphatic rings. The zero-order chi connectivity index (χ0) is 19.7. The summed E-state index contributed by atoms with van der Waals surface area (Å²) in [6.07, 6.45) is 0. The van der Waals surface area contributed by atoms with Gasteiger partial charge in [0.25, 0.3) is 0 Å². The highest BCUT2D eigenvalue weighted by Crippen LogP contribution is 2.36. The van der Waals surface area contributed by atoms with Crippen LogP contribution in [0.3, 0.4) is 0 Å². The summed E-state index contributed by atoms with van der Waals surface area (Å²) in [5, 5.41) is 5.47. The normalized spacial score (nSPS) is 19.2. The molecule has 0 saturated heterocycles. The van der Waals surface area contributed by atoms with E-state index in [1.807, 2.05) is 0 Å². The van der Waals surface area contributed by atoms with Gasteiger partial charge in [0, 0.05) is 23.2 Å². The second-order valence-electron chi connectivity index (χ2n) is 9.10. The van der Waals surface area contributed by atoms with Gasteiger partial charge in [0.2, 0.25) is 16.6 Å². The number of anilines is 1. The average Bonchev–Trinajstić information content (AvgIpc) is 2.84. The molecule has 5 heteroatoms. The maximum absolute atomic E-state index is 6.64. The minimum absolute atomic E-state index is 0.587. The standard InChI is InChI=1S/C23H27NO2Si2/c1-16-6-10-19(11-7-16)24-14-18-9-8-17-12-21-22(13-20(17)23(18)25-15-24)28(4,5)26-27(21,2)3/h6-13H,14-15H2,1-5H3. The van der Waals surface area contributed by atoms with Gasteiger partial charge in [-0.15, -0.1) is 0 Å². The monoisotopic (exact) mass is 405 g/mol. The number of rotatable bonds is 1. The SMILES string of the molecule is Cc1ccc(N2COc3c(ccc4cc5c(cc34)[Si](C)(C)O[Si]5(C)C)C2)cc1. The Labute approximate surface area is 169 Å². The van der Waals surface area contributed by atoms with Crippen LogP contribution < -0.4 is 20.0 Å². The number of hydrogen-bond donors (Lipinski definition) is 0. The molecule has 0 radical (unpaired) electrons. The van der Waals surface area contributed by atoms with Gasteiger partial charge in [0.15, 0.2) is 6.73 Å². The number of aryl methyl sites for hydroxylation is 1. The van der Waals surface area contributed by atoms with Crippen molar-refractivity contribution in [2.75, 3.05) is 11.6 Å². The van der Waals surface area contributed by atoms with Crippen LogP contribution in [0.1, 0.15) is 11.1 Å². The van der Waals surface area contributed by atoms with Crippen molar-refractivity contribution in [2.45, 2.75) is 39.7 Å². The van der Waals surface area contributed by atoms with E-state index >= 15 is 0 Å². The molecule has 3 aromatic carbocycles. The van der Waals surface area contributed by atoms with E-state index in [2.05, 4.69) is 86.5 Å². The minimum atomic E-state index is -1.83. The minimum Gasteiger partial charge on any atom is -0.472 e. The van der Waals surface area contributed by atoms with Crippen molar-refractivity contribution in [1.29, 1.82) is 0 Å². The van der Waals surface area contributed by atoms with Crippen molar-refractivity contribution in [2.24, 2.45) is 0 Å². The Morgan fingerprint density at radius 1 is 0.857 bits per heavy atom. The molecule has 144 valence electrons. The van der Waals surface area contributed by atoms with Crippen LogP contribution in [0.4, 0.5) is 5.69 Å². The number of benzene rings is 3. The van der Waals surface area contributed by atoms with Crippen molar-refractivity contribution in [3.8, 4) is 5.75 Å². The quantitative estimate of drug-likeness (QED) is 0.562. The van der Waals surface area contributed by atoms with Crippen LogP contribution in [0.2, 0.25) is 26.2 Å². The first kappa shape index (κ1) is 18.0. The molecule has 0 fully saturated rings. The highest BCUT2D eigenvalue weighted by Gasteiger charge is 2.46. The van der Waals surface area contributed by atoms with E-state index in [0.29, 0.717) is 6.73 Å². The molecule has 2 aliphatic heterocycles.